The van der Waals surface area contributed by atoms with Crippen molar-refractivity contribution in [1.29, 1.82) is 0 Å². The first kappa shape index (κ1) is 21.0. The fraction of sp³-hybridized carbons (Fsp3) is 0.455. The van der Waals surface area contributed by atoms with Crippen molar-refractivity contribution in [1.82, 2.24) is 9.29 Å². The first-order valence-electron chi connectivity index (χ1n) is 10.3. The number of piperidine rings is 1. The van der Waals surface area contributed by atoms with E-state index in [1.165, 1.54) is 0 Å². The van der Waals surface area contributed by atoms with Crippen molar-refractivity contribution < 1.29 is 17.9 Å². The lowest BCUT2D eigenvalue weighted by Gasteiger charge is -2.43. The number of amides is 1. The van der Waals surface area contributed by atoms with Gasteiger partial charge in [-0.05, 0) is 56.4 Å². The summed E-state index contributed by atoms with van der Waals surface area (Å²) >= 11 is 0. The molecule has 3 unspecified atom stereocenters. The largest absolute Gasteiger partial charge is 0.362 e. The van der Waals surface area contributed by atoms with Gasteiger partial charge in [0, 0.05) is 19.3 Å². The van der Waals surface area contributed by atoms with Crippen molar-refractivity contribution in [2.24, 2.45) is 5.92 Å². The maximum Gasteiger partial charge on any atom is 0.253 e. The highest BCUT2D eigenvalue weighted by Gasteiger charge is 2.50. The van der Waals surface area contributed by atoms with E-state index in [2.05, 4.69) is 10.3 Å². The van der Waals surface area contributed by atoms with Crippen molar-refractivity contribution in [3.63, 3.8) is 0 Å². The minimum Gasteiger partial charge on any atom is -0.362 e. The van der Waals surface area contributed by atoms with Crippen molar-refractivity contribution in [3.8, 4) is 0 Å². The van der Waals surface area contributed by atoms with E-state index in [0.717, 1.165) is 12.0 Å². The molecule has 3 atom stereocenters. The molecule has 160 valence electrons. The highest BCUT2D eigenvalue weighted by molar-refractivity contribution is 7.89. The molecule has 1 N–H and O–H groups in total. The summed E-state index contributed by atoms with van der Waals surface area (Å²) in [5.74, 6) is -0.190. The molecule has 0 saturated carbocycles. The smallest absolute Gasteiger partial charge is 0.253 e. The van der Waals surface area contributed by atoms with Gasteiger partial charge in [-0.25, -0.2) is 8.42 Å². The Morgan fingerprint density at radius 1 is 1.23 bits per heavy atom. The van der Waals surface area contributed by atoms with E-state index < -0.39 is 21.7 Å². The molecule has 2 aromatic rings. The Bertz CT molecular complexity index is 1010. The molecule has 1 amide bonds. The predicted molar refractivity (Wildman–Crippen MR) is 113 cm³/mol. The third-order valence-electron chi connectivity index (χ3n) is 6.25. The maximum atomic E-state index is 13.0. The molecule has 30 heavy (non-hydrogen) atoms. The van der Waals surface area contributed by atoms with Crippen molar-refractivity contribution in [2.45, 2.75) is 49.7 Å². The van der Waals surface area contributed by atoms with E-state index in [1.807, 2.05) is 26.0 Å². The van der Waals surface area contributed by atoms with Crippen molar-refractivity contribution in [3.05, 3.63) is 54.4 Å². The van der Waals surface area contributed by atoms with Crippen LogP contribution >= 0.6 is 0 Å². The minimum absolute atomic E-state index is 0.0114. The number of rotatable bonds is 4. The number of aryl methyl sites for hydroxylation is 1. The van der Waals surface area contributed by atoms with Gasteiger partial charge in [-0.1, -0.05) is 24.6 Å². The van der Waals surface area contributed by atoms with Gasteiger partial charge in [0.15, 0.2) is 0 Å². The third kappa shape index (κ3) is 3.99. The van der Waals surface area contributed by atoms with Crippen LogP contribution in [0.25, 0.3) is 0 Å². The normalized spacial score (nSPS) is 27.3. The molecule has 8 heteroatoms. The molecular formula is C22H27N3O4S. The Labute approximate surface area is 177 Å². The fourth-order valence-corrected chi connectivity index (χ4v) is 5.90. The van der Waals surface area contributed by atoms with E-state index in [0.29, 0.717) is 36.5 Å². The molecule has 3 heterocycles. The number of ether oxygens (including phenoxy) is 1. The Morgan fingerprint density at radius 3 is 2.67 bits per heavy atom. The maximum absolute atomic E-state index is 13.0. The molecule has 2 aliphatic heterocycles. The van der Waals surface area contributed by atoms with Gasteiger partial charge in [-0.15, -0.1) is 0 Å². The number of benzene rings is 1. The zero-order valence-corrected chi connectivity index (χ0v) is 18.1. The zero-order chi connectivity index (χ0) is 21.4. The van der Waals surface area contributed by atoms with Crippen LogP contribution in [0, 0.1) is 12.8 Å². The first-order chi connectivity index (χ1) is 14.3. The average molecular weight is 430 g/mol. The van der Waals surface area contributed by atoms with E-state index in [1.54, 1.807) is 41.0 Å². The monoisotopic (exact) mass is 429 g/mol. The predicted octanol–water partition coefficient (Wildman–Crippen LogP) is 2.98. The lowest BCUT2D eigenvalue weighted by molar-refractivity contribution is -0.140. The van der Waals surface area contributed by atoms with Gasteiger partial charge in [0.2, 0.25) is 10.0 Å². The van der Waals surface area contributed by atoms with Crippen LogP contribution < -0.4 is 5.32 Å². The highest BCUT2D eigenvalue weighted by Crippen LogP contribution is 2.43. The van der Waals surface area contributed by atoms with Crippen LogP contribution in [0.3, 0.4) is 0 Å². The Hall–Kier alpha value is -2.29. The van der Waals surface area contributed by atoms with Crippen LogP contribution in [0.1, 0.15) is 31.7 Å². The molecule has 2 aliphatic rings. The summed E-state index contributed by atoms with van der Waals surface area (Å²) in [6.45, 7) is 4.71. The molecule has 0 bridgehead atoms. The number of pyridine rings is 1. The summed E-state index contributed by atoms with van der Waals surface area (Å²) in [5, 5.41) is 2.85. The molecule has 7 nitrogen and oxygen atoms in total. The Balaban J connectivity index is 1.42. The van der Waals surface area contributed by atoms with Gasteiger partial charge in [0.1, 0.15) is 6.10 Å². The van der Waals surface area contributed by atoms with Crippen molar-refractivity contribution >= 4 is 21.6 Å². The third-order valence-corrected chi connectivity index (χ3v) is 8.13. The number of nitrogens with zero attached hydrogens (tertiary/aromatic N) is 2. The number of carbonyl (C=O) groups excluding carboxylic acids is 1. The molecule has 2 saturated heterocycles. The molecule has 1 spiro atoms. The topological polar surface area (TPSA) is 88.6 Å². The van der Waals surface area contributed by atoms with Gasteiger partial charge in [0.25, 0.3) is 5.91 Å². The number of nitrogens with one attached hydrogen (secondary N) is 1. The Kier molecular flexibility index (Phi) is 5.65. The van der Waals surface area contributed by atoms with E-state index in [-0.39, 0.29) is 11.8 Å². The summed E-state index contributed by atoms with van der Waals surface area (Å²) in [6, 6.07) is 10.5. The second kappa shape index (κ2) is 8.09. The summed E-state index contributed by atoms with van der Waals surface area (Å²) < 4.78 is 33.9. The first-order valence-corrected chi connectivity index (χ1v) is 11.7. The number of aromatic nitrogens is 1. The van der Waals surface area contributed by atoms with Crippen LogP contribution in [0.15, 0.2) is 53.7 Å². The molecule has 4 rings (SSSR count). The molecule has 0 aliphatic carbocycles. The molecule has 2 fully saturated rings. The molecule has 0 radical (unpaired) electrons. The highest BCUT2D eigenvalue weighted by atomic mass is 32.2. The van der Waals surface area contributed by atoms with Gasteiger partial charge in [0.05, 0.1) is 22.4 Å². The van der Waals surface area contributed by atoms with Gasteiger partial charge in [-0.3, -0.25) is 9.78 Å². The number of sulfonamides is 1. The SMILES string of the molecule is Cc1ccc(S(=O)(=O)N2CCC3(CCC(C(=O)Nc4cccnc4)O3)C(C)C2)cc1. The summed E-state index contributed by atoms with van der Waals surface area (Å²) in [6.07, 6.45) is 4.67. The number of hydrogen-bond donors (Lipinski definition) is 1. The second-order valence-electron chi connectivity index (χ2n) is 8.27. The quantitative estimate of drug-likeness (QED) is 0.807. The van der Waals surface area contributed by atoms with E-state index in [4.69, 9.17) is 4.74 Å². The Morgan fingerprint density at radius 2 is 2.00 bits per heavy atom. The fourth-order valence-electron chi connectivity index (χ4n) is 4.37. The van der Waals surface area contributed by atoms with Crippen LogP contribution in [-0.2, 0) is 19.6 Å². The summed E-state index contributed by atoms with van der Waals surface area (Å²) in [4.78, 5) is 16.9. The second-order valence-corrected chi connectivity index (χ2v) is 10.2. The zero-order valence-electron chi connectivity index (χ0n) is 17.2. The van der Waals surface area contributed by atoms with E-state index >= 15 is 0 Å². The van der Waals surface area contributed by atoms with Crippen LogP contribution in [0.4, 0.5) is 5.69 Å². The average Bonchev–Trinajstić information content (AvgIpc) is 3.16. The minimum atomic E-state index is -3.54. The van der Waals surface area contributed by atoms with Gasteiger partial charge in [-0.2, -0.15) is 4.31 Å². The summed E-state index contributed by atoms with van der Waals surface area (Å²) in [7, 11) is -3.54. The number of anilines is 1. The number of carbonyl (C=O) groups is 1. The van der Waals surface area contributed by atoms with Crippen molar-refractivity contribution in [2.75, 3.05) is 18.4 Å². The molecular weight excluding hydrogens is 402 g/mol. The van der Waals surface area contributed by atoms with Gasteiger partial charge >= 0.3 is 0 Å². The van der Waals surface area contributed by atoms with Crippen LogP contribution in [-0.4, -0.2) is 48.4 Å². The van der Waals surface area contributed by atoms with Crippen LogP contribution in [0.5, 0.6) is 0 Å². The number of hydrogen-bond acceptors (Lipinski definition) is 5. The lowest BCUT2D eigenvalue weighted by Crippen LogP contribution is -2.52. The summed E-state index contributed by atoms with van der Waals surface area (Å²) in [5.41, 5.74) is 1.20. The van der Waals surface area contributed by atoms with E-state index in [9.17, 15) is 13.2 Å². The van der Waals surface area contributed by atoms with Gasteiger partial charge < -0.3 is 10.1 Å². The molecule has 1 aromatic heterocycles. The standard InChI is InChI=1S/C22H27N3O4S/c1-16-5-7-19(8-6-16)30(27,28)25-13-11-22(17(2)15-25)10-9-20(29-22)21(26)24-18-4-3-12-23-14-18/h3-8,12,14,17,20H,9-11,13,15H2,1-2H3,(H,24,26). The lowest BCUT2D eigenvalue weighted by atomic mass is 9.81. The molecule has 1 aromatic carbocycles. The van der Waals surface area contributed by atoms with Crippen LogP contribution in [0.2, 0.25) is 0 Å².